The van der Waals surface area contributed by atoms with Crippen LogP contribution in [0.1, 0.15) is 10.4 Å². The zero-order valence-corrected chi connectivity index (χ0v) is 17.7. The Hall–Kier alpha value is -3.22. The first-order valence-corrected chi connectivity index (χ1v) is 10.4. The van der Waals surface area contributed by atoms with Gasteiger partial charge < -0.3 is 14.0 Å². The third kappa shape index (κ3) is 4.20. The van der Waals surface area contributed by atoms with E-state index >= 15 is 0 Å². The Bertz CT molecular complexity index is 1230. The first-order chi connectivity index (χ1) is 14.7. The number of carbonyl (C=O) groups is 1. The van der Waals surface area contributed by atoms with Crippen molar-refractivity contribution in [3.8, 4) is 16.9 Å². The summed E-state index contributed by atoms with van der Waals surface area (Å²) >= 11 is 1.47. The molecule has 0 fully saturated rings. The summed E-state index contributed by atoms with van der Waals surface area (Å²) in [5.41, 5.74) is 3.74. The van der Waals surface area contributed by atoms with Gasteiger partial charge >= 0.3 is 0 Å². The minimum absolute atomic E-state index is 0.265. The molecule has 1 aromatic heterocycles. The number of amides is 1. The topological polar surface area (TPSA) is 52.8 Å². The fraction of sp³-hybridized carbons (Fsp3) is 0.167. The number of carbonyl (C=O) groups excluding carboxylic acids is 1. The van der Waals surface area contributed by atoms with Crippen molar-refractivity contribution in [1.29, 1.82) is 0 Å². The summed E-state index contributed by atoms with van der Waals surface area (Å²) in [5, 5.41) is 0. The van der Waals surface area contributed by atoms with Crippen LogP contribution in [0, 0.1) is 0 Å². The van der Waals surface area contributed by atoms with Crippen molar-refractivity contribution in [2.24, 2.45) is 4.99 Å². The van der Waals surface area contributed by atoms with E-state index in [9.17, 15) is 4.79 Å². The van der Waals surface area contributed by atoms with Crippen LogP contribution in [0.25, 0.3) is 21.3 Å². The number of hydrogen-bond acceptors (Lipinski definition) is 4. The zero-order chi connectivity index (χ0) is 20.9. The van der Waals surface area contributed by atoms with Crippen LogP contribution in [0.5, 0.6) is 5.75 Å². The van der Waals surface area contributed by atoms with E-state index in [1.807, 2.05) is 77.4 Å². The molecule has 0 saturated carbocycles. The molecule has 0 atom stereocenters. The Kier molecular flexibility index (Phi) is 6.07. The monoisotopic (exact) mass is 418 g/mol. The van der Waals surface area contributed by atoms with Crippen LogP contribution < -0.4 is 9.54 Å². The van der Waals surface area contributed by atoms with Crippen LogP contribution in [-0.2, 0) is 11.3 Å². The lowest BCUT2D eigenvalue weighted by Gasteiger charge is -2.05. The lowest BCUT2D eigenvalue weighted by Crippen LogP contribution is -2.19. The molecule has 0 N–H and O–H groups in total. The molecular weight excluding hydrogens is 396 g/mol. The molecule has 0 spiro atoms. The maximum Gasteiger partial charge on any atom is 0.279 e. The third-order valence-corrected chi connectivity index (χ3v) is 5.89. The molecule has 3 aromatic carbocycles. The Labute approximate surface area is 178 Å². The van der Waals surface area contributed by atoms with Crippen molar-refractivity contribution in [1.82, 2.24) is 4.57 Å². The van der Waals surface area contributed by atoms with Gasteiger partial charge in [-0.1, -0.05) is 53.8 Å². The lowest BCUT2D eigenvalue weighted by atomic mass is 10.0. The van der Waals surface area contributed by atoms with E-state index in [0.717, 1.165) is 27.1 Å². The van der Waals surface area contributed by atoms with Gasteiger partial charge in [0.05, 0.1) is 23.9 Å². The maximum absolute atomic E-state index is 12.9. The van der Waals surface area contributed by atoms with Gasteiger partial charge in [0.1, 0.15) is 5.75 Å². The van der Waals surface area contributed by atoms with Gasteiger partial charge in [-0.25, -0.2) is 0 Å². The normalized spacial score (nSPS) is 11.7. The third-order valence-electron chi connectivity index (χ3n) is 4.85. The molecule has 6 heteroatoms. The summed E-state index contributed by atoms with van der Waals surface area (Å²) in [5.74, 6) is 0.510. The van der Waals surface area contributed by atoms with Gasteiger partial charge in [-0.2, -0.15) is 4.99 Å². The molecule has 0 aliphatic rings. The van der Waals surface area contributed by atoms with Crippen LogP contribution >= 0.6 is 11.3 Å². The molecule has 0 aliphatic heterocycles. The van der Waals surface area contributed by atoms with Gasteiger partial charge in [-0.15, -0.1) is 0 Å². The Morgan fingerprint density at radius 1 is 0.967 bits per heavy atom. The number of methoxy groups -OCH3 is 2. The Morgan fingerprint density at radius 3 is 2.40 bits per heavy atom. The number of ether oxygens (including phenoxy) is 2. The van der Waals surface area contributed by atoms with Gasteiger partial charge in [0.2, 0.25) is 0 Å². The first kappa shape index (κ1) is 20.1. The highest BCUT2D eigenvalue weighted by atomic mass is 32.1. The second-order valence-corrected chi connectivity index (χ2v) is 7.73. The molecule has 1 amide bonds. The smallest absolute Gasteiger partial charge is 0.279 e. The zero-order valence-electron chi connectivity index (χ0n) is 16.9. The number of fused-ring (bicyclic) bond motifs is 1. The first-order valence-electron chi connectivity index (χ1n) is 9.60. The van der Waals surface area contributed by atoms with Crippen molar-refractivity contribution >= 4 is 27.5 Å². The molecule has 0 unspecified atom stereocenters. The number of hydrogen-bond donors (Lipinski definition) is 0. The molecule has 4 aromatic rings. The second-order valence-electron chi connectivity index (χ2n) is 6.72. The van der Waals surface area contributed by atoms with Gasteiger partial charge in [0, 0.05) is 19.2 Å². The average Bonchev–Trinajstić information content (AvgIpc) is 3.14. The quantitative estimate of drug-likeness (QED) is 0.453. The number of aromatic nitrogens is 1. The van der Waals surface area contributed by atoms with Gasteiger partial charge in [0.15, 0.2) is 4.80 Å². The highest BCUT2D eigenvalue weighted by Gasteiger charge is 2.10. The number of benzene rings is 3. The summed E-state index contributed by atoms with van der Waals surface area (Å²) in [6.07, 6.45) is 0. The summed E-state index contributed by atoms with van der Waals surface area (Å²) in [4.78, 5) is 17.9. The van der Waals surface area contributed by atoms with E-state index in [1.165, 1.54) is 11.3 Å². The highest BCUT2D eigenvalue weighted by Crippen LogP contribution is 2.23. The summed E-state index contributed by atoms with van der Waals surface area (Å²) in [7, 11) is 3.30. The van der Waals surface area contributed by atoms with Gasteiger partial charge in [-0.05, 0) is 41.5 Å². The predicted octanol–water partition coefficient (Wildman–Crippen LogP) is 4.77. The number of rotatable bonds is 6. The van der Waals surface area contributed by atoms with E-state index in [-0.39, 0.29) is 5.91 Å². The minimum Gasteiger partial charge on any atom is -0.497 e. The molecule has 30 heavy (non-hydrogen) atoms. The van der Waals surface area contributed by atoms with E-state index < -0.39 is 0 Å². The molecule has 4 rings (SSSR count). The SMILES string of the molecule is COCCn1c(=NC(=O)c2ccc(-c3ccccc3)cc2)sc2cc(OC)ccc21. The van der Waals surface area contributed by atoms with Crippen LogP contribution in [0.2, 0.25) is 0 Å². The highest BCUT2D eigenvalue weighted by molar-refractivity contribution is 7.16. The average molecular weight is 419 g/mol. The van der Waals surface area contributed by atoms with E-state index in [2.05, 4.69) is 4.99 Å². The molecule has 0 bridgehead atoms. The van der Waals surface area contributed by atoms with Crippen molar-refractivity contribution in [2.75, 3.05) is 20.8 Å². The maximum atomic E-state index is 12.9. The van der Waals surface area contributed by atoms with E-state index in [4.69, 9.17) is 9.47 Å². The van der Waals surface area contributed by atoms with Crippen LogP contribution in [0.15, 0.2) is 77.8 Å². The molecule has 1 heterocycles. The molecule has 5 nitrogen and oxygen atoms in total. The van der Waals surface area contributed by atoms with E-state index in [0.29, 0.717) is 23.5 Å². The Balaban J connectivity index is 1.70. The molecular formula is C24H22N2O3S. The van der Waals surface area contributed by atoms with Gasteiger partial charge in [-0.3, -0.25) is 4.79 Å². The number of thiazole rings is 1. The van der Waals surface area contributed by atoms with Crippen LogP contribution in [0.4, 0.5) is 0 Å². The molecule has 0 radical (unpaired) electrons. The predicted molar refractivity (Wildman–Crippen MR) is 120 cm³/mol. The lowest BCUT2D eigenvalue weighted by molar-refractivity contribution is 0.0997. The second kappa shape index (κ2) is 9.07. The van der Waals surface area contributed by atoms with Crippen molar-refractivity contribution in [2.45, 2.75) is 6.54 Å². The fourth-order valence-corrected chi connectivity index (χ4v) is 4.33. The van der Waals surface area contributed by atoms with E-state index in [1.54, 1.807) is 14.2 Å². The van der Waals surface area contributed by atoms with Crippen molar-refractivity contribution < 1.29 is 14.3 Å². The molecule has 0 saturated heterocycles. The van der Waals surface area contributed by atoms with Crippen molar-refractivity contribution in [3.05, 3.63) is 83.2 Å². The number of nitrogens with zero attached hydrogens (tertiary/aromatic N) is 2. The van der Waals surface area contributed by atoms with Crippen LogP contribution in [0.3, 0.4) is 0 Å². The minimum atomic E-state index is -0.265. The summed E-state index contributed by atoms with van der Waals surface area (Å²) in [6, 6.07) is 23.5. The largest absolute Gasteiger partial charge is 0.497 e. The van der Waals surface area contributed by atoms with Crippen molar-refractivity contribution in [3.63, 3.8) is 0 Å². The van der Waals surface area contributed by atoms with Gasteiger partial charge in [0.25, 0.3) is 5.91 Å². The molecule has 152 valence electrons. The van der Waals surface area contributed by atoms with Crippen LogP contribution in [-0.4, -0.2) is 31.3 Å². The fourth-order valence-electron chi connectivity index (χ4n) is 3.25. The Morgan fingerprint density at radius 2 is 1.70 bits per heavy atom. The molecule has 0 aliphatic carbocycles. The summed E-state index contributed by atoms with van der Waals surface area (Å²) < 4.78 is 13.6. The summed E-state index contributed by atoms with van der Waals surface area (Å²) in [6.45, 7) is 1.15. The standard InChI is InChI=1S/C24H22N2O3S/c1-28-15-14-26-21-13-12-20(29-2)16-22(21)30-24(26)25-23(27)19-10-8-18(9-11-19)17-6-4-3-5-7-17/h3-13,16H,14-15H2,1-2H3.